The van der Waals surface area contributed by atoms with Gasteiger partial charge in [0, 0.05) is 25.7 Å². The van der Waals surface area contributed by atoms with E-state index in [0.29, 0.717) is 12.0 Å². The number of nitrogens with two attached hydrogens (primary N) is 1. The average molecular weight is 256 g/mol. The standard InChI is InChI=1S/C13H28N4O/c1-5-11(2)16-12(14)15-6-7-17-8-9-18-13(3,4)10-17/h11H,5-10H2,1-4H3,(H3,14,15,16). The van der Waals surface area contributed by atoms with Gasteiger partial charge in [-0.05, 0) is 27.2 Å². The van der Waals surface area contributed by atoms with E-state index in [9.17, 15) is 0 Å². The van der Waals surface area contributed by atoms with Crippen LogP contribution in [0.3, 0.4) is 0 Å². The molecule has 18 heavy (non-hydrogen) atoms. The van der Waals surface area contributed by atoms with Crippen LogP contribution < -0.4 is 11.1 Å². The molecular weight excluding hydrogens is 228 g/mol. The number of aliphatic imine (C=N–C) groups is 1. The highest BCUT2D eigenvalue weighted by Crippen LogP contribution is 2.15. The van der Waals surface area contributed by atoms with Crippen molar-refractivity contribution in [3.05, 3.63) is 0 Å². The average Bonchev–Trinajstić information content (AvgIpc) is 2.27. The predicted molar refractivity (Wildman–Crippen MR) is 75.8 cm³/mol. The Morgan fingerprint density at radius 2 is 2.28 bits per heavy atom. The summed E-state index contributed by atoms with van der Waals surface area (Å²) in [5.74, 6) is 0.553. The van der Waals surface area contributed by atoms with Gasteiger partial charge in [0.1, 0.15) is 0 Å². The second-order valence-electron chi connectivity index (χ2n) is 5.60. The van der Waals surface area contributed by atoms with E-state index in [1.165, 1.54) is 0 Å². The zero-order valence-electron chi connectivity index (χ0n) is 12.2. The summed E-state index contributed by atoms with van der Waals surface area (Å²) in [6, 6.07) is 0.385. The van der Waals surface area contributed by atoms with Crippen LogP contribution in [-0.4, -0.2) is 55.3 Å². The molecule has 5 heteroatoms. The van der Waals surface area contributed by atoms with Crippen LogP contribution in [0.25, 0.3) is 0 Å². The zero-order valence-corrected chi connectivity index (χ0v) is 12.2. The van der Waals surface area contributed by atoms with E-state index in [2.05, 4.69) is 42.9 Å². The van der Waals surface area contributed by atoms with Crippen LogP contribution >= 0.6 is 0 Å². The molecule has 1 saturated heterocycles. The van der Waals surface area contributed by atoms with Gasteiger partial charge in [0.15, 0.2) is 5.96 Å². The van der Waals surface area contributed by atoms with Crippen molar-refractivity contribution in [3.8, 4) is 0 Å². The van der Waals surface area contributed by atoms with Gasteiger partial charge in [-0.25, -0.2) is 0 Å². The molecule has 1 fully saturated rings. The highest BCUT2D eigenvalue weighted by molar-refractivity contribution is 5.78. The van der Waals surface area contributed by atoms with Crippen molar-refractivity contribution >= 4 is 5.96 Å². The molecule has 0 aromatic carbocycles. The molecule has 1 unspecified atom stereocenters. The third-order valence-corrected chi connectivity index (χ3v) is 3.21. The molecule has 0 radical (unpaired) electrons. The minimum atomic E-state index is -0.0392. The first-order valence-corrected chi connectivity index (χ1v) is 6.85. The quantitative estimate of drug-likeness (QED) is 0.564. The second-order valence-corrected chi connectivity index (χ2v) is 5.60. The molecular formula is C13H28N4O. The minimum absolute atomic E-state index is 0.0392. The van der Waals surface area contributed by atoms with Gasteiger partial charge >= 0.3 is 0 Å². The van der Waals surface area contributed by atoms with E-state index in [4.69, 9.17) is 10.5 Å². The third-order valence-electron chi connectivity index (χ3n) is 3.21. The van der Waals surface area contributed by atoms with Crippen molar-refractivity contribution in [2.45, 2.75) is 45.8 Å². The van der Waals surface area contributed by atoms with Gasteiger partial charge in [-0.15, -0.1) is 0 Å². The Bertz CT molecular complexity index is 278. The molecule has 0 aromatic rings. The molecule has 1 aliphatic heterocycles. The van der Waals surface area contributed by atoms with Gasteiger partial charge in [0.25, 0.3) is 0 Å². The third kappa shape index (κ3) is 5.69. The maximum Gasteiger partial charge on any atom is 0.188 e. The van der Waals surface area contributed by atoms with E-state index >= 15 is 0 Å². The van der Waals surface area contributed by atoms with Crippen LogP contribution in [0.4, 0.5) is 0 Å². The maximum absolute atomic E-state index is 5.81. The zero-order chi connectivity index (χ0) is 13.6. The molecule has 1 aliphatic rings. The summed E-state index contributed by atoms with van der Waals surface area (Å²) < 4.78 is 5.68. The number of morpholine rings is 1. The van der Waals surface area contributed by atoms with Gasteiger partial charge in [-0.1, -0.05) is 6.92 Å². The monoisotopic (exact) mass is 256 g/mol. The fourth-order valence-electron chi connectivity index (χ4n) is 2.02. The van der Waals surface area contributed by atoms with Gasteiger partial charge in [-0.2, -0.15) is 0 Å². The molecule has 0 amide bonds. The lowest BCUT2D eigenvalue weighted by molar-refractivity contribution is -0.0850. The minimum Gasteiger partial charge on any atom is -0.373 e. The number of hydrogen-bond acceptors (Lipinski definition) is 3. The summed E-state index contributed by atoms with van der Waals surface area (Å²) in [6.07, 6.45) is 1.05. The van der Waals surface area contributed by atoms with Gasteiger partial charge in [0.05, 0.1) is 18.8 Å². The van der Waals surface area contributed by atoms with Crippen molar-refractivity contribution in [2.24, 2.45) is 10.7 Å². The van der Waals surface area contributed by atoms with Crippen molar-refractivity contribution in [1.29, 1.82) is 0 Å². The molecule has 0 bridgehead atoms. The summed E-state index contributed by atoms with van der Waals surface area (Å²) in [6.45, 7) is 12.9. The second kappa shape index (κ2) is 6.95. The Labute approximate surface area is 111 Å². The van der Waals surface area contributed by atoms with Gasteiger partial charge in [0.2, 0.25) is 0 Å². The van der Waals surface area contributed by atoms with E-state index in [1.54, 1.807) is 0 Å². The van der Waals surface area contributed by atoms with Crippen LogP contribution in [0.5, 0.6) is 0 Å². The summed E-state index contributed by atoms with van der Waals surface area (Å²) >= 11 is 0. The van der Waals surface area contributed by atoms with Crippen LogP contribution in [0.15, 0.2) is 4.99 Å². The van der Waals surface area contributed by atoms with Crippen LogP contribution in [-0.2, 0) is 4.74 Å². The number of rotatable bonds is 5. The first-order chi connectivity index (χ1) is 8.43. The predicted octanol–water partition coefficient (Wildman–Crippen LogP) is 0.800. The van der Waals surface area contributed by atoms with Crippen molar-refractivity contribution in [1.82, 2.24) is 10.2 Å². The highest BCUT2D eigenvalue weighted by Gasteiger charge is 2.26. The Kier molecular flexibility index (Phi) is 5.88. The largest absolute Gasteiger partial charge is 0.373 e. The molecule has 106 valence electrons. The number of hydrogen-bond donors (Lipinski definition) is 2. The highest BCUT2D eigenvalue weighted by atomic mass is 16.5. The molecule has 1 heterocycles. The summed E-state index contributed by atoms with van der Waals surface area (Å²) in [7, 11) is 0. The first kappa shape index (κ1) is 15.2. The topological polar surface area (TPSA) is 62.9 Å². The molecule has 0 aliphatic carbocycles. The van der Waals surface area contributed by atoms with Crippen molar-refractivity contribution < 1.29 is 4.74 Å². The van der Waals surface area contributed by atoms with E-state index in [1.807, 2.05) is 0 Å². The Hall–Kier alpha value is -0.810. The van der Waals surface area contributed by atoms with E-state index < -0.39 is 0 Å². The summed E-state index contributed by atoms with van der Waals surface area (Å²) in [4.78, 5) is 6.73. The Morgan fingerprint density at radius 3 is 2.89 bits per heavy atom. The van der Waals surface area contributed by atoms with Crippen LogP contribution in [0.2, 0.25) is 0 Å². The van der Waals surface area contributed by atoms with E-state index in [0.717, 1.165) is 39.2 Å². The molecule has 1 atom stereocenters. The molecule has 0 aromatic heterocycles. The van der Waals surface area contributed by atoms with Crippen LogP contribution in [0, 0.1) is 0 Å². The van der Waals surface area contributed by atoms with E-state index in [-0.39, 0.29) is 5.60 Å². The van der Waals surface area contributed by atoms with Crippen LogP contribution in [0.1, 0.15) is 34.1 Å². The molecule has 1 rings (SSSR count). The number of guanidine groups is 1. The van der Waals surface area contributed by atoms with Crippen molar-refractivity contribution in [3.63, 3.8) is 0 Å². The lowest BCUT2D eigenvalue weighted by Crippen LogP contribution is -2.49. The number of nitrogens with zero attached hydrogens (tertiary/aromatic N) is 2. The van der Waals surface area contributed by atoms with Gasteiger partial charge in [-0.3, -0.25) is 9.89 Å². The first-order valence-electron chi connectivity index (χ1n) is 6.85. The smallest absolute Gasteiger partial charge is 0.188 e. The molecule has 0 saturated carbocycles. The molecule has 0 spiro atoms. The summed E-state index contributed by atoms with van der Waals surface area (Å²) in [5.41, 5.74) is 5.78. The maximum atomic E-state index is 5.81. The number of nitrogens with one attached hydrogen (secondary N) is 1. The number of ether oxygens (including phenoxy) is 1. The van der Waals surface area contributed by atoms with Gasteiger partial charge < -0.3 is 15.8 Å². The van der Waals surface area contributed by atoms with Crippen molar-refractivity contribution in [2.75, 3.05) is 32.8 Å². The Morgan fingerprint density at radius 1 is 1.56 bits per heavy atom. The molecule has 5 nitrogen and oxygen atoms in total. The molecule has 3 N–H and O–H groups in total. The summed E-state index contributed by atoms with van der Waals surface area (Å²) in [5, 5.41) is 3.17. The fraction of sp³-hybridized carbons (Fsp3) is 0.923. The normalized spacial score (nSPS) is 22.8. The fourth-order valence-corrected chi connectivity index (χ4v) is 2.02. The SMILES string of the molecule is CCC(C)NC(N)=NCCN1CCOC(C)(C)C1. The lowest BCUT2D eigenvalue weighted by atomic mass is 10.1. The lowest BCUT2D eigenvalue weighted by Gasteiger charge is -2.37. The Balaban J connectivity index is 2.26.